The largest absolute Gasteiger partial charge is 0.423 e. The zero-order valence-corrected chi connectivity index (χ0v) is 12.7. The molecule has 0 radical (unpaired) electrons. The van der Waals surface area contributed by atoms with Gasteiger partial charge in [-0.1, -0.05) is 39.0 Å². The molecule has 19 heavy (non-hydrogen) atoms. The van der Waals surface area contributed by atoms with Gasteiger partial charge >= 0.3 is 5.63 Å². The van der Waals surface area contributed by atoms with Gasteiger partial charge in [0.15, 0.2) is 4.34 Å². The summed E-state index contributed by atoms with van der Waals surface area (Å²) in [6.45, 7) is 0. The summed E-state index contributed by atoms with van der Waals surface area (Å²) >= 11 is 6.41. The van der Waals surface area contributed by atoms with E-state index >= 15 is 0 Å². The summed E-state index contributed by atoms with van der Waals surface area (Å²) in [6.07, 6.45) is 0. The average Bonchev–Trinajstić information content (AvgIpc) is 2.88. The minimum Gasteiger partial charge on any atom is -0.423 e. The second kappa shape index (κ2) is 5.44. The monoisotopic (exact) mass is 354 g/mol. The molecular formula is C12H7BrN2O2S2. The highest BCUT2D eigenvalue weighted by molar-refractivity contribution is 9.10. The van der Waals surface area contributed by atoms with Crippen LogP contribution in [0.25, 0.3) is 11.0 Å². The van der Waals surface area contributed by atoms with Gasteiger partial charge in [0.1, 0.15) is 11.1 Å². The Morgan fingerprint density at radius 1 is 1.37 bits per heavy atom. The fraction of sp³-hybridized carbons (Fsp3) is 0.0833. The van der Waals surface area contributed by atoms with E-state index in [1.165, 1.54) is 17.4 Å². The lowest BCUT2D eigenvalue weighted by Gasteiger charge is -2.04. The molecule has 96 valence electrons. The van der Waals surface area contributed by atoms with Gasteiger partial charge in [0.25, 0.3) is 0 Å². The maximum Gasteiger partial charge on any atom is 0.336 e. The van der Waals surface area contributed by atoms with Crippen LogP contribution < -0.4 is 5.63 Å². The topological polar surface area (TPSA) is 56.0 Å². The van der Waals surface area contributed by atoms with E-state index in [2.05, 4.69) is 26.1 Å². The molecule has 0 saturated heterocycles. The van der Waals surface area contributed by atoms with E-state index < -0.39 is 0 Å². The third-order valence-electron chi connectivity index (χ3n) is 2.48. The number of benzene rings is 1. The summed E-state index contributed by atoms with van der Waals surface area (Å²) in [5.41, 5.74) is 2.89. The number of aromatic nitrogens is 2. The van der Waals surface area contributed by atoms with Crippen LogP contribution in [0.2, 0.25) is 0 Å². The van der Waals surface area contributed by atoms with Crippen LogP contribution in [0, 0.1) is 0 Å². The predicted molar refractivity (Wildman–Crippen MR) is 79.7 cm³/mol. The number of thioether (sulfide) groups is 1. The first-order valence-corrected chi connectivity index (χ1v) is 7.99. The standard InChI is InChI=1S/C12H7BrN2O2S2/c13-8-1-2-9-7(3-11(16)17-10(9)4-8)5-18-12-15-14-6-19-12/h1-4,6H,5H2. The zero-order chi connectivity index (χ0) is 13.2. The van der Waals surface area contributed by atoms with Crippen molar-refractivity contribution in [2.24, 2.45) is 0 Å². The molecule has 0 fully saturated rings. The number of rotatable bonds is 3. The van der Waals surface area contributed by atoms with Crippen molar-refractivity contribution in [3.05, 3.63) is 50.2 Å². The van der Waals surface area contributed by atoms with Gasteiger partial charge in [0.2, 0.25) is 0 Å². The first-order chi connectivity index (χ1) is 9.22. The molecule has 3 rings (SSSR count). The van der Waals surface area contributed by atoms with Crippen LogP contribution in [0.4, 0.5) is 0 Å². The van der Waals surface area contributed by atoms with Crippen LogP contribution >= 0.6 is 39.0 Å². The van der Waals surface area contributed by atoms with Crippen LogP contribution in [0.1, 0.15) is 5.56 Å². The third kappa shape index (κ3) is 2.88. The fourth-order valence-electron chi connectivity index (χ4n) is 1.69. The van der Waals surface area contributed by atoms with E-state index in [-0.39, 0.29) is 5.63 Å². The second-order valence-electron chi connectivity index (χ2n) is 3.72. The molecule has 3 aromatic rings. The van der Waals surface area contributed by atoms with Gasteiger partial charge in [-0.25, -0.2) is 4.79 Å². The van der Waals surface area contributed by atoms with Crippen LogP contribution in [0.3, 0.4) is 0 Å². The lowest BCUT2D eigenvalue weighted by Crippen LogP contribution is -1.99. The molecule has 0 saturated carbocycles. The van der Waals surface area contributed by atoms with Gasteiger partial charge < -0.3 is 4.42 Å². The highest BCUT2D eigenvalue weighted by Crippen LogP contribution is 2.28. The first-order valence-electron chi connectivity index (χ1n) is 5.33. The minimum absolute atomic E-state index is 0.335. The fourth-order valence-corrected chi connectivity index (χ4v) is 3.51. The Labute approximate surface area is 125 Å². The van der Waals surface area contributed by atoms with E-state index in [9.17, 15) is 4.79 Å². The molecule has 0 atom stereocenters. The summed E-state index contributed by atoms with van der Waals surface area (Å²) < 4.78 is 6.97. The third-order valence-corrected chi connectivity index (χ3v) is 4.89. The van der Waals surface area contributed by atoms with E-state index in [1.807, 2.05) is 12.1 Å². The normalized spacial score (nSPS) is 11.0. The SMILES string of the molecule is O=c1cc(CSc2nncs2)c2ccc(Br)cc2o1. The molecule has 7 heteroatoms. The smallest absolute Gasteiger partial charge is 0.336 e. The number of hydrogen-bond acceptors (Lipinski definition) is 6. The molecule has 2 aromatic heterocycles. The lowest BCUT2D eigenvalue weighted by molar-refractivity contribution is 0.559. The molecule has 0 amide bonds. The second-order valence-corrected chi connectivity index (χ2v) is 6.70. The molecular weight excluding hydrogens is 348 g/mol. The average molecular weight is 355 g/mol. The molecule has 4 nitrogen and oxygen atoms in total. The van der Waals surface area contributed by atoms with E-state index in [0.29, 0.717) is 11.3 Å². The van der Waals surface area contributed by atoms with Crippen LogP contribution in [-0.2, 0) is 5.75 Å². The first kappa shape index (κ1) is 12.8. The van der Waals surface area contributed by atoms with Gasteiger partial charge in [-0.15, -0.1) is 10.2 Å². The van der Waals surface area contributed by atoms with Crippen molar-refractivity contribution >= 4 is 50.0 Å². The summed E-state index contributed by atoms with van der Waals surface area (Å²) in [4.78, 5) is 11.6. The zero-order valence-electron chi connectivity index (χ0n) is 9.50. The van der Waals surface area contributed by atoms with Crippen molar-refractivity contribution < 1.29 is 4.42 Å². The Kier molecular flexibility index (Phi) is 3.67. The molecule has 0 spiro atoms. The Bertz CT molecular complexity index is 771. The molecule has 0 aliphatic carbocycles. The van der Waals surface area contributed by atoms with Crippen LogP contribution in [0.5, 0.6) is 0 Å². The number of fused-ring (bicyclic) bond motifs is 1. The van der Waals surface area contributed by atoms with Crippen LogP contribution in [-0.4, -0.2) is 10.2 Å². The van der Waals surface area contributed by atoms with Gasteiger partial charge in [0.05, 0.1) is 0 Å². The molecule has 0 aliphatic rings. The molecule has 0 aliphatic heterocycles. The molecule has 2 heterocycles. The van der Waals surface area contributed by atoms with Crippen molar-refractivity contribution in [3.8, 4) is 0 Å². The van der Waals surface area contributed by atoms with E-state index in [1.54, 1.807) is 23.3 Å². The highest BCUT2D eigenvalue weighted by Gasteiger charge is 2.07. The Morgan fingerprint density at radius 2 is 2.26 bits per heavy atom. The van der Waals surface area contributed by atoms with Gasteiger partial charge in [-0.05, 0) is 23.8 Å². The van der Waals surface area contributed by atoms with Crippen molar-refractivity contribution in [2.75, 3.05) is 0 Å². The number of hydrogen-bond donors (Lipinski definition) is 0. The van der Waals surface area contributed by atoms with Crippen molar-refractivity contribution in [1.82, 2.24) is 10.2 Å². The predicted octanol–water partition coefficient (Wildman–Crippen LogP) is 3.70. The molecule has 0 bridgehead atoms. The van der Waals surface area contributed by atoms with Crippen molar-refractivity contribution in [1.29, 1.82) is 0 Å². The van der Waals surface area contributed by atoms with Crippen molar-refractivity contribution in [3.63, 3.8) is 0 Å². The van der Waals surface area contributed by atoms with E-state index in [4.69, 9.17) is 4.42 Å². The number of halogens is 1. The Balaban J connectivity index is 2.00. The van der Waals surface area contributed by atoms with Gasteiger partial charge in [0, 0.05) is 21.7 Å². The Morgan fingerprint density at radius 3 is 3.05 bits per heavy atom. The van der Waals surface area contributed by atoms with E-state index in [0.717, 1.165) is 19.8 Å². The summed E-state index contributed by atoms with van der Waals surface area (Å²) in [5.74, 6) is 0.666. The quantitative estimate of drug-likeness (QED) is 0.530. The van der Waals surface area contributed by atoms with Gasteiger partial charge in [-0.3, -0.25) is 0 Å². The number of nitrogens with zero attached hydrogens (tertiary/aromatic N) is 2. The summed E-state index contributed by atoms with van der Waals surface area (Å²) in [6, 6.07) is 7.21. The molecule has 1 aromatic carbocycles. The molecule has 0 unspecified atom stereocenters. The maximum atomic E-state index is 11.6. The van der Waals surface area contributed by atoms with Crippen molar-refractivity contribution in [2.45, 2.75) is 10.1 Å². The summed E-state index contributed by atoms with van der Waals surface area (Å²) in [5, 5.41) is 8.70. The lowest BCUT2D eigenvalue weighted by atomic mass is 10.1. The molecule has 0 N–H and O–H groups in total. The Hall–Kier alpha value is -1.18. The highest BCUT2D eigenvalue weighted by atomic mass is 79.9. The minimum atomic E-state index is -0.335. The summed E-state index contributed by atoms with van der Waals surface area (Å²) in [7, 11) is 0. The maximum absolute atomic E-state index is 11.6. The van der Waals surface area contributed by atoms with Crippen LogP contribution in [0.15, 0.2) is 47.8 Å². The van der Waals surface area contributed by atoms with Gasteiger partial charge in [-0.2, -0.15) is 0 Å².